The highest BCUT2D eigenvalue weighted by Crippen LogP contribution is 2.31. The highest BCUT2D eigenvalue weighted by Gasteiger charge is 2.28. The van der Waals surface area contributed by atoms with E-state index in [-0.39, 0.29) is 6.23 Å². The molecule has 0 saturated carbocycles. The van der Waals surface area contributed by atoms with Crippen molar-refractivity contribution in [2.75, 3.05) is 4.90 Å². The van der Waals surface area contributed by atoms with Gasteiger partial charge in [0.05, 0.1) is 6.20 Å². The Balaban J connectivity index is 1.93. The third kappa shape index (κ3) is 1.86. The second-order valence-electron chi connectivity index (χ2n) is 3.99. The summed E-state index contributed by atoms with van der Waals surface area (Å²) < 4.78 is 11.1. The van der Waals surface area contributed by atoms with Gasteiger partial charge in [0, 0.05) is 12.1 Å². The summed E-state index contributed by atoms with van der Waals surface area (Å²) in [6.07, 6.45) is 7.03. The summed E-state index contributed by atoms with van der Waals surface area (Å²) in [6.45, 7) is 2.08. The van der Waals surface area contributed by atoms with Crippen LogP contribution in [0.3, 0.4) is 0 Å². The fraction of sp³-hybridized carbons (Fsp3) is 0.214. The van der Waals surface area contributed by atoms with Crippen LogP contribution >= 0.6 is 0 Å². The number of oxazole rings is 1. The maximum Gasteiger partial charge on any atom is 0.192 e. The van der Waals surface area contributed by atoms with Gasteiger partial charge in [-0.1, -0.05) is 25.1 Å². The Bertz CT molecular complexity index is 534. The number of hydrogen-bond donors (Lipinski definition) is 0. The number of aromatic nitrogens is 1. The molecule has 0 fully saturated rings. The summed E-state index contributed by atoms with van der Waals surface area (Å²) in [7, 11) is 0. The van der Waals surface area contributed by atoms with Gasteiger partial charge in [-0.05, 0) is 12.1 Å². The van der Waals surface area contributed by atoms with Gasteiger partial charge in [-0.25, -0.2) is 4.98 Å². The molecule has 1 aromatic carbocycles. The van der Waals surface area contributed by atoms with Crippen molar-refractivity contribution in [3.05, 3.63) is 54.9 Å². The summed E-state index contributed by atoms with van der Waals surface area (Å²) in [5.74, 6) is 1.20. The van der Waals surface area contributed by atoms with Crippen molar-refractivity contribution in [3.63, 3.8) is 0 Å². The summed E-state index contributed by atoms with van der Waals surface area (Å²) >= 11 is 0. The van der Waals surface area contributed by atoms with E-state index in [1.54, 1.807) is 6.20 Å². The highest BCUT2D eigenvalue weighted by molar-refractivity contribution is 5.61. The Morgan fingerprint density at radius 2 is 2.17 bits per heavy atom. The largest absolute Gasteiger partial charge is 0.464 e. The summed E-state index contributed by atoms with van der Waals surface area (Å²) in [6, 6.07) is 10.0. The molecule has 1 atom stereocenters. The second kappa shape index (κ2) is 4.56. The molecule has 1 aromatic heterocycles. The molecule has 1 unspecified atom stereocenters. The molecule has 0 spiro atoms. The molecule has 3 rings (SSSR count). The Kier molecular flexibility index (Phi) is 2.76. The zero-order chi connectivity index (χ0) is 12.4. The Morgan fingerprint density at radius 3 is 2.83 bits per heavy atom. The van der Waals surface area contributed by atoms with E-state index < -0.39 is 0 Å². The van der Waals surface area contributed by atoms with Gasteiger partial charge < -0.3 is 14.1 Å². The maximum absolute atomic E-state index is 5.82. The Morgan fingerprint density at radius 1 is 1.33 bits per heavy atom. The van der Waals surface area contributed by atoms with Crippen molar-refractivity contribution in [3.8, 4) is 0 Å². The molecule has 1 aliphatic rings. The van der Waals surface area contributed by atoms with E-state index in [2.05, 4.69) is 18.1 Å². The minimum Gasteiger partial charge on any atom is -0.464 e. The summed E-state index contributed by atoms with van der Waals surface area (Å²) in [5, 5.41) is 0. The van der Waals surface area contributed by atoms with E-state index in [9.17, 15) is 0 Å². The zero-order valence-corrected chi connectivity index (χ0v) is 10.0. The van der Waals surface area contributed by atoms with Crippen LogP contribution in [-0.2, 0) is 4.74 Å². The topological polar surface area (TPSA) is 38.5 Å². The van der Waals surface area contributed by atoms with E-state index >= 15 is 0 Å². The minimum absolute atomic E-state index is 0.0486. The quantitative estimate of drug-likeness (QED) is 0.827. The van der Waals surface area contributed by atoms with E-state index in [0.717, 1.165) is 12.1 Å². The van der Waals surface area contributed by atoms with Crippen LogP contribution in [0.15, 0.2) is 47.3 Å². The van der Waals surface area contributed by atoms with Crippen molar-refractivity contribution < 1.29 is 9.15 Å². The lowest BCUT2D eigenvalue weighted by Gasteiger charge is -2.22. The van der Waals surface area contributed by atoms with Crippen molar-refractivity contribution in [2.24, 2.45) is 0 Å². The van der Waals surface area contributed by atoms with E-state index in [4.69, 9.17) is 9.15 Å². The number of hydrogen-bond acceptors (Lipinski definition) is 4. The zero-order valence-electron chi connectivity index (χ0n) is 10.0. The van der Waals surface area contributed by atoms with Crippen LogP contribution in [-0.4, -0.2) is 11.2 Å². The highest BCUT2D eigenvalue weighted by atomic mass is 16.5. The fourth-order valence-corrected chi connectivity index (χ4v) is 1.92. The first-order valence-corrected chi connectivity index (χ1v) is 5.92. The van der Waals surface area contributed by atoms with Gasteiger partial charge in [-0.3, -0.25) is 0 Å². The standard InChI is InChI=1S/C14H13N2O2/c1-2-14-16(11-6-4-3-5-7-11)9-13(18-14)12-8-15-10-17-12/h3-8,10,14H,2H2,1H3. The number of nitrogens with zero attached hydrogens (tertiary/aromatic N) is 2. The summed E-state index contributed by atoms with van der Waals surface area (Å²) in [5.41, 5.74) is 1.05. The second-order valence-corrected chi connectivity index (χ2v) is 3.99. The minimum atomic E-state index is -0.0486. The lowest BCUT2D eigenvalue weighted by molar-refractivity contribution is 0.183. The van der Waals surface area contributed by atoms with Gasteiger partial charge >= 0.3 is 0 Å². The molecule has 1 radical (unpaired) electrons. The maximum atomic E-state index is 5.82. The monoisotopic (exact) mass is 241 g/mol. The smallest absolute Gasteiger partial charge is 0.192 e. The molecule has 0 saturated heterocycles. The van der Waals surface area contributed by atoms with Crippen LogP contribution in [0.4, 0.5) is 5.69 Å². The van der Waals surface area contributed by atoms with E-state index in [1.165, 1.54) is 6.39 Å². The molecule has 18 heavy (non-hydrogen) atoms. The van der Waals surface area contributed by atoms with E-state index in [1.807, 2.05) is 35.2 Å². The van der Waals surface area contributed by atoms with Crippen LogP contribution in [0.1, 0.15) is 19.1 Å². The first kappa shape index (κ1) is 10.9. The Labute approximate surface area is 106 Å². The lowest BCUT2D eigenvalue weighted by atomic mass is 10.2. The van der Waals surface area contributed by atoms with Crippen LogP contribution in [0.5, 0.6) is 0 Å². The van der Waals surface area contributed by atoms with Gasteiger partial charge in [0.25, 0.3) is 0 Å². The first-order valence-electron chi connectivity index (χ1n) is 5.92. The third-order valence-corrected chi connectivity index (χ3v) is 2.80. The molecular weight excluding hydrogens is 228 g/mol. The van der Waals surface area contributed by atoms with Crippen LogP contribution in [0, 0.1) is 6.20 Å². The van der Waals surface area contributed by atoms with Crippen molar-refractivity contribution >= 4 is 11.4 Å². The molecule has 4 nitrogen and oxygen atoms in total. The molecular formula is C14H13N2O2. The number of benzene rings is 1. The molecule has 1 aliphatic heterocycles. The Hall–Kier alpha value is -2.23. The molecule has 4 heteroatoms. The van der Waals surface area contributed by atoms with Crippen molar-refractivity contribution in [1.82, 2.24) is 4.98 Å². The van der Waals surface area contributed by atoms with E-state index in [0.29, 0.717) is 11.5 Å². The van der Waals surface area contributed by atoms with Crippen molar-refractivity contribution in [2.45, 2.75) is 19.6 Å². The number of rotatable bonds is 3. The van der Waals surface area contributed by atoms with Crippen LogP contribution in [0.2, 0.25) is 0 Å². The molecule has 2 heterocycles. The molecule has 0 amide bonds. The predicted molar refractivity (Wildman–Crippen MR) is 67.2 cm³/mol. The molecule has 2 aromatic rings. The number of anilines is 1. The van der Waals surface area contributed by atoms with Gasteiger partial charge in [-0.2, -0.15) is 0 Å². The number of ether oxygens (including phenoxy) is 1. The average molecular weight is 241 g/mol. The molecule has 0 aliphatic carbocycles. The van der Waals surface area contributed by atoms with Gasteiger partial charge in [0.15, 0.2) is 24.1 Å². The van der Waals surface area contributed by atoms with Crippen LogP contribution in [0.25, 0.3) is 5.76 Å². The normalized spacial score (nSPS) is 18.6. The van der Waals surface area contributed by atoms with Gasteiger partial charge in [0.1, 0.15) is 6.20 Å². The van der Waals surface area contributed by atoms with Gasteiger partial charge in [0.2, 0.25) is 0 Å². The van der Waals surface area contributed by atoms with Crippen molar-refractivity contribution in [1.29, 1.82) is 0 Å². The SMILES string of the molecule is CCC1OC(c2cnco2)=[C]N1c1ccccc1. The third-order valence-electron chi connectivity index (χ3n) is 2.80. The average Bonchev–Trinajstić information content (AvgIpc) is 3.08. The molecule has 0 bridgehead atoms. The number of para-hydroxylation sites is 1. The predicted octanol–water partition coefficient (Wildman–Crippen LogP) is 3.05. The molecule has 0 N–H and O–H groups in total. The summed E-state index contributed by atoms with van der Waals surface area (Å²) in [4.78, 5) is 5.87. The molecule has 91 valence electrons. The first-order chi connectivity index (χ1) is 8.88. The fourth-order valence-electron chi connectivity index (χ4n) is 1.92. The lowest BCUT2D eigenvalue weighted by Crippen LogP contribution is -2.27. The van der Waals surface area contributed by atoms with Crippen LogP contribution < -0.4 is 4.90 Å². The van der Waals surface area contributed by atoms with Gasteiger partial charge in [-0.15, -0.1) is 0 Å².